The van der Waals surface area contributed by atoms with E-state index in [1.165, 1.54) is 30.2 Å². The molecule has 0 bridgehead atoms. The van der Waals surface area contributed by atoms with Crippen LogP contribution in [0.5, 0.6) is 0 Å². The predicted octanol–water partition coefficient (Wildman–Crippen LogP) is 3.69. The van der Waals surface area contributed by atoms with Crippen molar-refractivity contribution in [2.45, 2.75) is 32.2 Å². The van der Waals surface area contributed by atoms with Crippen molar-refractivity contribution in [3.8, 4) is 0 Å². The summed E-state index contributed by atoms with van der Waals surface area (Å²) in [6.07, 6.45) is 5.66. The number of benzene rings is 1. The summed E-state index contributed by atoms with van der Waals surface area (Å²) in [6, 6.07) is 10.9. The van der Waals surface area contributed by atoms with E-state index >= 15 is 0 Å². The molecule has 0 aliphatic carbocycles. The third kappa shape index (κ3) is 2.83. The van der Waals surface area contributed by atoms with Crippen molar-refractivity contribution in [1.29, 1.82) is 0 Å². The fourth-order valence-electron chi connectivity index (χ4n) is 2.16. The number of rotatable bonds is 5. The van der Waals surface area contributed by atoms with Crippen molar-refractivity contribution >= 4 is 10.9 Å². The van der Waals surface area contributed by atoms with Crippen LogP contribution in [0.2, 0.25) is 0 Å². The number of pyridine rings is 1. The molecule has 0 radical (unpaired) electrons. The Morgan fingerprint density at radius 2 is 2.12 bits per heavy atom. The Hall–Kier alpha value is -1.41. The van der Waals surface area contributed by atoms with Crippen molar-refractivity contribution in [2.24, 2.45) is 0 Å². The number of nitrogens with one attached hydrogen (secondary N) is 1. The van der Waals surface area contributed by atoms with E-state index in [-0.39, 0.29) is 0 Å². The van der Waals surface area contributed by atoms with Crippen LogP contribution in [0.1, 0.15) is 37.8 Å². The third-order valence-electron chi connectivity index (χ3n) is 3.21. The SMILES string of the molecule is CCCCC(NC)c1cnc2ccccc2c1. The van der Waals surface area contributed by atoms with E-state index in [2.05, 4.69) is 41.5 Å². The first-order valence-electron chi connectivity index (χ1n) is 6.37. The number of para-hydroxylation sites is 1. The van der Waals surface area contributed by atoms with Crippen LogP contribution in [0.25, 0.3) is 10.9 Å². The van der Waals surface area contributed by atoms with Crippen LogP contribution in [-0.2, 0) is 0 Å². The van der Waals surface area contributed by atoms with Gasteiger partial charge in [-0.3, -0.25) is 4.98 Å². The summed E-state index contributed by atoms with van der Waals surface area (Å²) in [4.78, 5) is 4.52. The molecule has 2 nitrogen and oxygen atoms in total. The Labute approximate surface area is 103 Å². The van der Waals surface area contributed by atoms with Gasteiger partial charge in [-0.15, -0.1) is 0 Å². The molecule has 0 saturated heterocycles. The average molecular weight is 228 g/mol. The molecule has 1 N–H and O–H groups in total. The van der Waals surface area contributed by atoms with E-state index in [1.54, 1.807) is 0 Å². The molecule has 2 rings (SSSR count). The van der Waals surface area contributed by atoms with Gasteiger partial charge in [-0.2, -0.15) is 0 Å². The Kier molecular flexibility index (Phi) is 4.10. The van der Waals surface area contributed by atoms with E-state index in [9.17, 15) is 0 Å². The molecule has 1 aromatic heterocycles. The number of hydrogen-bond acceptors (Lipinski definition) is 2. The molecule has 1 aromatic carbocycles. The van der Waals surface area contributed by atoms with Crippen LogP contribution in [0.15, 0.2) is 36.5 Å². The number of nitrogens with zero attached hydrogens (tertiary/aromatic N) is 1. The first-order valence-corrected chi connectivity index (χ1v) is 6.37. The zero-order valence-electron chi connectivity index (χ0n) is 10.6. The van der Waals surface area contributed by atoms with Gasteiger partial charge >= 0.3 is 0 Å². The fourth-order valence-corrected chi connectivity index (χ4v) is 2.16. The number of aromatic nitrogens is 1. The lowest BCUT2D eigenvalue weighted by Gasteiger charge is -2.16. The summed E-state index contributed by atoms with van der Waals surface area (Å²) >= 11 is 0. The van der Waals surface area contributed by atoms with E-state index < -0.39 is 0 Å². The second kappa shape index (κ2) is 5.78. The highest BCUT2D eigenvalue weighted by molar-refractivity contribution is 5.78. The topological polar surface area (TPSA) is 24.9 Å². The Bertz CT molecular complexity index is 479. The lowest BCUT2D eigenvalue weighted by atomic mass is 10.0. The van der Waals surface area contributed by atoms with Crippen molar-refractivity contribution < 1.29 is 0 Å². The summed E-state index contributed by atoms with van der Waals surface area (Å²) < 4.78 is 0. The van der Waals surface area contributed by atoms with E-state index in [1.807, 2.05) is 19.3 Å². The highest BCUT2D eigenvalue weighted by Crippen LogP contribution is 2.21. The Morgan fingerprint density at radius 1 is 1.29 bits per heavy atom. The summed E-state index contributed by atoms with van der Waals surface area (Å²) in [5, 5.41) is 4.60. The van der Waals surface area contributed by atoms with Crippen molar-refractivity contribution in [3.05, 3.63) is 42.1 Å². The Balaban J connectivity index is 2.27. The number of hydrogen-bond donors (Lipinski definition) is 1. The average Bonchev–Trinajstić information content (AvgIpc) is 2.39. The van der Waals surface area contributed by atoms with Gasteiger partial charge < -0.3 is 5.32 Å². The normalized spacial score (nSPS) is 12.8. The summed E-state index contributed by atoms with van der Waals surface area (Å²) in [5.41, 5.74) is 2.36. The van der Waals surface area contributed by atoms with Gasteiger partial charge in [0, 0.05) is 17.6 Å². The quantitative estimate of drug-likeness (QED) is 0.844. The molecule has 0 aliphatic heterocycles. The van der Waals surface area contributed by atoms with Crippen LogP contribution < -0.4 is 5.32 Å². The lowest BCUT2D eigenvalue weighted by Crippen LogP contribution is -2.16. The smallest absolute Gasteiger partial charge is 0.0702 e. The molecule has 0 aliphatic rings. The van der Waals surface area contributed by atoms with Gasteiger partial charge in [0.25, 0.3) is 0 Å². The molecule has 0 fully saturated rings. The molecule has 1 heterocycles. The monoisotopic (exact) mass is 228 g/mol. The minimum atomic E-state index is 0.423. The maximum absolute atomic E-state index is 4.52. The lowest BCUT2D eigenvalue weighted by molar-refractivity contribution is 0.522. The molecule has 0 spiro atoms. The van der Waals surface area contributed by atoms with Crippen molar-refractivity contribution in [2.75, 3.05) is 7.05 Å². The predicted molar refractivity (Wildman–Crippen MR) is 73.1 cm³/mol. The molecule has 1 atom stereocenters. The first-order chi connectivity index (χ1) is 8.35. The third-order valence-corrected chi connectivity index (χ3v) is 3.21. The van der Waals surface area contributed by atoms with Gasteiger partial charge in [-0.05, 0) is 31.2 Å². The first kappa shape index (κ1) is 12.1. The molecule has 1 unspecified atom stereocenters. The van der Waals surface area contributed by atoms with Crippen LogP contribution in [0.4, 0.5) is 0 Å². The maximum atomic E-state index is 4.52. The maximum Gasteiger partial charge on any atom is 0.0702 e. The van der Waals surface area contributed by atoms with E-state index in [4.69, 9.17) is 0 Å². The van der Waals surface area contributed by atoms with Crippen molar-refractivity contribution in [3.63, 3.8) is 0 Å². The molecule has 0 saturated carbocycles. The fraction of sp³-hybridized carbons (Fsp3) is 0.400. The molecule has 2 heteroatoms. The molecular weight excluding hydrogens is 208 g/mol. The highest BCUT2D eigenvalue weighted by atomic mass is 14.9. The van der Waals surface area contributed by atoms with Crippen LogP contribution in [0, 0.1) is 0 Å². The number of fused-ring (bicyclic) bond motifs is 1. The molecule has 0 amide bonds. The standard InChI is InChI=1S/C15H20N2/c1-3-4-8-14(16-2)13-10-12-7-5-6-9-15(12)17-11-13/h5-7,9-11,14,16H,3-4,8H2,1-2H3. The highest BCUT2D eigenvalue weighted by Gasteiger charge is 2.09. The molecule has 2 aromatic rings. The largest absolute Gasteiger partial charge is 0.313 e. The molecule has 90 valence electrons. The number of unbranched alkanes of at least 4 members (excludes halogenated alkanes) is 1. The summed E-state index contributed by atoms with van der Waals surface area (Å²) in [7, 11) is 2.02. The van der Waals surface area contributed by atoms with Gasteiger partial charge in [0.05, 0.1) is 5.52 Å². The second-order valence-electron chi connectivity index (χ2n) is 4.44. The van der Waals surface area contributed by atoms with Crippen LogP contribution in [-0.4, -0.2) is 12.0 Å². The summed E-state index contributed by atoms with van der Waals surface area (Å²) in [5.74, 6) is 0. The zero-order valence-corrected chi connectivity index (χ0v) is 10.6. The van der Waals surface area contributed by atoms with Crippen LogP contribution in [0.3, 0.4) is 0 Å². The van der Waals surface area contributed by atoms with Gasteiger partial charge in [-0.25, -0.2) is 0 Å². The molecule has 17 heavy (non-hydrogen) atoms. The van der Waals surface area contributed by atoms with Gasteiger partial charge in [0.1, 0.15) is 0 Å². The molecular formula is C15H20N2. The Morgan fingerprint density at radius 3 is 2.88 bits per heavy atom. The van der Waals surface area contributed by atoms with Gasteiger partial charge in [0.15, 0.2) is 0 Å². The minimum Gasteiger partial charge on any atom is -0.313 e. The van der Waals surface area contributed by atoms with Crippen molar-refractivity contribution in [1.82, 2.24) is 10.3 Å². The van der Waals surface area contributed by atoms with Crippen LogP contribution >= 0.6 is 0 Å². The van der Waals surface area contributed by atoms with Gasteiger partial charge in [-0.1, -0.05) is 38.0 Å². The van der Waals surface area contributed by atoms with E-state index in [0.717, 1.165) is 5.52 Å². The second-order valence-corrected chi connectivity index (χ2v) is 4.44. The minimum absolute atomic E-state index is 0.423. The van der Waals surface area contributed by atoms with E-state index in [0.29, 0.717) is 6.04 Å². The zero-order chi connectivity index (χ0) is 12.1. The van der Waals surface area contributed by atoms with Gasteiger partial charge in [0.2, 0.25) is 0 Å². The summed E-state index contributed by atoms with van der Waals surface area (Å²) in [6.45, 7) is 2.23.